The molecule has 2 heterocycles. The largest absolute Gasteiger partial charge is 0.361 e. The summed E-state index contributed by atoms with van der Waals surface area (Å²) in [5, 5.41) is 5.13. The summed E-state index contributed by atoms with van der Waals surface area (Å²) < 4.78 is 0. The molecule has 0 unspecified atom stereocenters. The van der Waals surface area contributed by atoms with Crippen LogP contribution in [-0.2, 0) is 6.42 Å². The van der Waals surface area contributed by atoms with Crippen molar-refractivity contribution in [2.75, 3.05) is 19.6 Å². The van der Waals surface area contributed by atoms with Crippen LogP contribution >= 0.6 is 11.6 Å². The quantitative estimate of drug-likeness (QED) is 0.693. The molecule has 0 atom stereocenters. The van der Waals surface area contributed by atoms with Crippen molar-refractivity contribution in [3.05, 3.63) is 70.9 Å². The molecule has 5 heteroatoms. The number of aromatic nitrogens is 1. The molecule has 1 aromatic heterocycles. The van der Waals surface area contributed by atoms with Gasteiger partial charge in [0.05, 0.1) is 0 Å². The second-order valence-corrected chi connectivity index (χ2v) is 7.64. The number of para-hydroxylation sites is 1. The van der Waals surface area contributed by atoms with Gasteiger partial charge in [0.1, 0.15) is 0 Å². The zero-order valence-corrected chi connectivity index (χ0v) is 16.0. The van der Waals surface area contributed by atoms with E-state index in [4.69, 9.17) is 11.6 Å². The minimum Gasteiger partial charge on any atom is -0.361 e. The number of hydrogen-bond donors (Lipinski definition) is 2. The van der Waals surface area contributed by atoms with E-state index in [1.54, 1.807) is 24.3 Å². The lowest BCUT2D eigenvalue weighted by Gasteiger charge is -2.32. The highest BCUT2D eigenvalue weighted by Gasteiger charge is 2.21. The van der Waals surface area contributed by atoms with Gasteiger partial charge in [-0.2, -0.15) is 0 Å². The van der Waals surface area contributed by atoms with E-state index in [1.807, 2.05) is 0 Å². The molecule has 1 saturated heterocycles. The van der Waals surface area contributed by atoms with Gasteiger partial charge >= 0.3 is 0 Å². The van der Waals surface area contributed by atoms with Crippen LogP contribution in [-0.4, -0.2) is 41.5 Å². The number of benzene rings is 2. The summed E-state index contributed by atoms with van der Waals surface area (Å²) in [5.41, 5.74) is 3.25. The molecular weight excluding hydrogens is 358 g/mol. The van der Waals surface area contributed by atoms with Gasteiger partial charge < -0.3 is 15.2 Å². The molecule has 0 saturated carbocycles. The minimum absolute atomic E-state index is 0.0103. The molecule has 0 bridgehead atoms. The van der Waals surface area contributed by atoms with Crippen LogP contribution in [0.4, 0.5) is 0 Å². The van der Waals surface area contributed by atoms with Gasteiger partial charge in [0.25, 0.3) is 5.91 Å². The van der Waals surface area contributed by atoms with Crippen molar-refractivity contribution < 1.29 is 4.79 Å². The molecule has 1 fully saturated rings. The fourth-order valence-corrected chi connectivity index (χ4v) is 3.91. The van der Waals surface area contributed by atoms with Crippen LogP contribution in [0.3, 0.4) is 0 Å². The smallest absolute Gasteiger partial charge is 0.251 e. The molecule has 1 amide bonds. The van der Waals surface area contributed by atoms with Crippen LogP contribution in [0.5, 0.6) is 0 Å². The van der Waals surface area contributed by atoms with Crippen molar-refractivity contribution in [1.82, 2.24) is 15.2 Å². The molecule has 2 N–H and O–H groups in total. The van der Waals surface area contributed by atoms with E-state index >= 15 is 0 Å². The van der Waals surface area contributed by atoms with Gasteiger partial charge in [0.2, 0.25) is 0 Å². The molecule has 0 aliphatic carbocycles. The summed E-state index contributed by atoms with van der Waals surface area (Å²) in [7, 11) is 0. The summed E-state index contributed by atoms with van der Waals surface area (Å²) >= 11 is 5.88. The monoisotopic (exact) mass is 381 g/mol. The Labute approximate surface area is 164 Å². The van der Waals surface area contributed by atoms with Crippen LogP contribution in [0.1, 0.15) is 28.8 Å². The van der Waals surface area contributed by atoms with Crippen LogP contribution in [0.25, 0.3) is 10.9 Å². The van der Waals surface area contributed by atoms with Crippen molar-refractivity contribution in [1.29, 1.82) is 0 Å². The zero-order chi connectivity index (χ0) is 18.6. The third-order valence-corrected chi connectivity index (χ3v) is 5.65. The van der Waals surface area contributed by atoms with Gasteiger partial charge in [-0.3, -0.25) is 4.79 Å². The fraction of sp³-hybridized carbons (Fsp3) is 0.318. The minimum atomic E-state index is -0.0103. The SMILES string of the molecule is O=C(NC1CCN(CCc2c[nH]c3ccccc23)CC1)c1ccc(Cl)cc1. The average Bonchev–Trinajstić information content (AvgIpc) is 3.11. The molecule has 4 rings (SSSR count). The van der Waals surface area contributed by atoms with Crippen molar-refractivity contribution in [2.45, 2.75) is 25.3 Å². The summed E-state index contributed by atoms with van der Waals surface area (Å²) in [4.78, 5) is 18.2. The Morgan fingerprint density at radius 2 is 1.85 bits per heavy atom. The van der Waals surface area contributed by atoms with Gasteiger partial charge in [-0.25, -0.2) is 0 Å². The lowest BCUT2D eigenvalue weighted by molar-refractivity contribution is 0.0911. The number of rotatable bonds is 5. The summed E-state index contributed by atoms with van der Waals surface area (Å²) in [5.74, 6) is -0.0103. The van der Waals surface area contributed by atoms with Gasteiger partial charge in [0, 0.05) is 53.4 Å². The first-order chi connectivity index (χ1) is 13.2. The van der Waals surface area contributed by atoms with Crippen LogP contribution < -0.4 is 5.32 Å². The number of hydrogen-bond acceptors (Lipinski definition) is 2. The zero-order valence-electron chi connectivity index (χ0n) is 15.2. The number of piperidine rings is 1. The number of H-pyrrole nitrogens is 1. The Morgan fingerprint density at radius 1 is 1.11 bits per heavy atom. The van der Waals surface area contributed by atoms with E-state index in [0.29, 0.717) is 10.6 Å². The highest BCUT2D eigenvalue weighted by molar-refractivity contribution is 6.30. The summed E-state index contributed by atoms with van der Waals surface area (Å²) in [6.45, 7) is 3.10. The van der Waals surface area contributed by atoms with E-state index in [1.165, 1.54) is 16.5 Å². The fourth-order valence-electron chi connectivity index (χ4n) is 3.79. The number of amides is 1. The number of likely N-dealkylation sites (tertiary alicyclic amines) is 1. The van der Waals surface area contributed by atoms with Gasteiger partial charge in [-0.15, -0.1) is 0 Å². The topological polar surface area (TPSA) is 48.1 Å². The first kappa shape index (κ1) is 18.1. The first-order valence-corrected chi connectivity index (χ1v) is 9.90. The summed E-state index contributed by atoms with van der Waals surface area (Å²) in [6, 6.07) is 15.8. The van der Waals surface area contributed by atoms with Crippen molar-refractivity contribution in [3.8, 4) is 0 Å². The highest BCUT2D eigenvalue weighted by Crippen LogP contribution is 2.19. The first-order valence-electron chi connectivity index (χ1n) is 9.53. The number of nitrogens with one attached hydrogen (secondary N) is 2. The normalized spacial score (nSPS) is 15.9. The van der Waals surface area contributed by atoms with E-state index < -0.39 is 0 Å². The Morgan fingerprint density at radius 3 is 2.63 bits per heavy atom. The predicted molar refractivity (Wildman–Crippen MR) is 110 cm³/mol. The number of nitrogens with zero attached hydrogens (tertiary/aromatic N) is 1. The summed E-state index contributed by atoms with van der Waals surface area (Å²) in [6.07, 6.45) is 5.16. The molecule has 1 aliphatic rings. The number of halogens is 1. The highest BCUT2D eigenvalue weighted by atomic mass is 35.5. The van der Waals surface area contributed by atoms with E-state index in [2.05, 4.69) is 45.7 Å². The Hall–Kier alpha value is -2.30. The lowest BCUT2D eigenvalue weighted by atomic mass is 10.0. The Kier molecular flexibility index (Phi) is 5.46. The second kappa shape index (κ2) is 8.15. The third-order valence-electron chi connectivity index (χ3n) is 5.40. The number of carbonyl (C=O) groups excluding carboxylic acids is 1. The van der Waals surface area contributed by atoms with Crippen molar-refractivity contribution in [2.24, 2.45) is 0 Å². The second-order valence-electron chi connectivity index (χ2n) is 7.21. The molecule has 4 nitrogen and oxygen atoms in total. The standard InChI is InChI=1S/C22H24ClN3O/c23-18-7-5-16(6-8-18)22(27)25-19-10-13-26(14-11-19)12-9-17-15-24-21-4-2-1-3-20(17)21/h1-8,15,19,24H,9-14H2,(H,25,27). The molecule has 1 aliphatic heterocycles. The van der Waals surface area contributed by atoms with Gasteiger partial charge in [-0.1, -0.05) is 29.8 Å². The lowest BCUT2D eigenvalue weighted by Crippen LogP contribution is -2.45. The molecule has 0 spiro atoms. The molecule has 3 aromatic rings. The van der Waals surface area contributed by atoms with Crippen LogP contribution in [0.2, 0.25) is 5.02 Å². The average molecular weight is 382 g/mol. The molecule has 140 valence electrons. The van der Waals surface area contributed by atoms with Crippen LogP contribution in [0.15, 0.2) is 54.7 Å². The van der Waals surface area contributed by atoms with Gasteiger partial charge in [-0.05, 0) is 55.2 Å². The third kappa shape index (κ3) is 4.34. The number of fused-ring (bicyclic) bond motifs is 1. The maximum absolute atomic E-state index is 12.3. The van der Waals surface area contributed by atoms with E-state index in [9.17, 15) is 4.79 Å². The Balaban J connectivity index is 1.25. The van der Waals surface area contributed by atoms with Crippen molar-refractivity contribution >= 4 is 28.4 Å². The number of aromatic amines is 1. The van der Waals surface area contributed by atoms with Crippen LogP contribution in [0, 0.1) is 0 Å². The number of carbonyl (C=O) groups is 1. The van der Waals surface area contributed by atoms with Gasteiger partial charge in [0.15, 0.2) is 0 Å². The predicted octanol–water partition coefficient (Wildman–Crippen LogP) is 4.26. The van der Waals surface area contributed by atoms with E-state index in [0.717, 1.165) is 38.9 Å². The van der Waals surface area contributed by atoms with Crippen molar-refractivity contribution in [3.63, 3.8) is 0 Å². The molecule has 27 heavy (non-hydrogen) atoms. The van der Waals surface area contributed by atoms with E-state index in [-0.39, 0.29) is 11.9 Å². The molecule has 2 aromatic carbocycles. The maximum Gasteiger partial charge on any atom is 0.251 e. The molecule has 0 radical (unpaired) electrons. The Bertz CT molecular complexity index is 911. The molecular formula is C22H24ClN3O. The maximum atomic E-state index is 12.3.